The van der Waals surface area contributed by atoms with E-state index in [1.54, 1.807) is 11.3 Å². The molecule has 0 amide bonds. The Morgan fingerprint density at radius 1 is 1.17 bits per heavy atom. The maximum absolute atomic E-state index is 12.6. The number of benzene rings is 2. The van der Waals surface area contributed by atoms with Crippen molar-refractivity contribution in [3.8, 4) is 0 Å². The summed E-state index contributed by atoms with van der Waals surface area (Å²) in [4.78, 5) is 14.9. The van der Waals surface area contributed by atoms with E-state index in [2.05, 4.69) is 24.0 Å². The van der Waals surface area contributed by atoms with Crippen molar-refractivity contribution < 1.29 is 4.74 Å². The average Bonchev–Trinajstić information content (AvgIpc) is 3.21. The summed E-state index contributed by atoms with van der Waals surface area (Å²) >= 11 is 1.71. The van der Waals surface area contributed by atoms with Gasteiger partial charge in [0.15, 0.2) is 5.43 Å². The van der Waals surface area contributed by atoms with Crippen molar-refractivity contribution in [2.24, 2.45) is 0 Å². The molecular formula is C20H21NO2S. The normalized spacial score (nSPS) is 21.4. The molecule has 5 rings (SSSR count). The predicted octanol–water partition coefficient (Wildman–Crippen LogP) is 4.03. The quantitative estimate of drug-likeness (QED) is 0.521. The molecular weight excluding hydrogens is 318 g/mol. The first-order chi connectivity index (χ1) is 11.8. The van der Waals surface area contributed by atoms with Gasteiger partial charge < -0.3 is 4.74 Å². The number of fused-ring (bicyclic) bond motifs is 3. The molecule has 2 saturated heterocycles. The first-order valence-corrected chi connectivity index (χ1v) is 9.38. The van der Waals surface area contributed by atoms with Crippen molar-refractivity contribution in [3.05, 3.63) is 58.3 Å². The molecule has 4 heteroatoms. The van der Waals surface area contributed by atoms with Crippen molar-refractivity contribution >= 4 is 31.5 Å². The number of hydrogen-bond acceptors (Lipinski definition) is 4. The average molecular weight is 339 g/mol. The molecule has 2 atom stereocenters. The van der Waals surface area contributed by atoms with E-state index in [-0.39, 0.29) is 5.43 Å². The minimum Gasteiger partial charge on any atom is -0.360 e. The number of rotatable bonds is 2. The van der Waals surface area contributed by atoms with Crippen LogP contribution >= 0.6 is 11.3 Å². The van der Waals surface area contributed by atoms with E-state index in [0.717, 1.165) is 39.6 Å². The molecule has 0 N–H and O–H groups in total. The molecule has 1 aromatic heterocycles. The van der Waals surface area contributed by atoms with Gasteiger partial charge in [-0.25, -0.2) is 0 Å². The molecule has 2 unspecified atom stereocenters. The summed E-state index contributed by atoms with van der Waals surface area (Å²) in [5.41, 5.74) is 1.37. The van der Waals surface area contributed by atoms with Crippen LogP contribution in [-0.2, 0) is 11.2 Å². The molecule has 2 aliphatic rings. The number of hydrogen-bond donors (Lipinski definition) is 0. The number of ether oxygens (including phenoxy) is 1. The van der Waals surface area contributed by atoms with Gasteiger partial charge in [0.05, 0.1) is 6.61 Å². The summed E-state index contributed by atoms with van der Waals surface area (Å²) in [5, 5.41) is 1.77. The molecule has 24 heavy (non-hydrogen) atoms. The van der Waals surface area contributed by atoms with Crippen molar-refractivity contribution in [1.82, 2.24) is 4.90 Å². The van der Waals surface area contributed by atoms with Crippen LogP contribution in [0.3, 0.4) is 0 Å². The third-order valence-electron chi connectivity index (χ3n) is 4.56. The first-order valence-electron chi connectivity index (χ1n) is 8.57. The van der Waals surface area contributed by atoms with Gasteiger partial charge in [0, 0.05) is 33.3 Å². The van der Waals surface area contributed by atoms with Gasteiger partial charge in [-0.15, -0.1) is 11.3 Å². The third-order valence-corrected chi connectivity index (χ3v) is 5.70. The molecule has 3 heterocycles. The standard InChI is InChI=1S/C16H14OS.C4H7NO/c1-2-6-11-7-5-10-14-15(11)16(17)12-8-3-4-9-13(12)18-14;1-2-6-4-3-5(1)4/h3-5,7-10H,2,6H2,1H3;4H,1-3H2. The van der Waals surface area contributed by atoms with Crippen molar-refractivity contribution in [3.63, 3.8) is 0 Å². The highest BCUT2D eigenvalue weighted by Crippen LogP contribution is 2.27. The maximum Gasteiger partial charge on any atom is 0.196 e. The van der Waals surface area contributed by atoms with Crippen LogP contribution in [0.4, 0.5) is 0 Å². The lowest BCUT2D eigenvalue weighted by atomic mass is 10.0. The lowest BCUT2D eigenvalue weighted by molar-refractivity contribution is 0.159. The van der Waals surface area contributed by atoms with Crippen LogP contribution in [-0.4, -0.2) is 30.8 Å². The Kier molecular flexibility index (Phi) is 4.35. The number of morpholine rings is 1. The maximum atomic E-state index is 12.6. The molecule has 2 fully saturated rings. The Morgan fingerprint density at radius 2 is 2.00 bits per heavy atom. The Morgan fingerprint density at radius 3 is 2.67 bits per heavy atom. The van der Waals surface area contributed by atoms with Gasteiger partial charge in [0.25, 0.3) is 0 Å². The zero-order valence-electron chi connectivity index (χ0n) is 13.8. The monoisotopic (exact) mass is 339 g/mol. The fourth-order valence-electron chi connectivity index (χ4n) is 3.25. The number of nitrogens with zero attached hydrogens (tertiary/aromatic N) is 1. The summed E-state index contributed by atoms with van der Waals surface area (Å²) in [6.07, 6.45) is 2.58. The van der Waals surface area contributed by atoms with Gasteiger partial charge in [0.2, 0.25) is 0 Å². The Bertz CT molecular complexity index is 926. The lowest BCUT2D eigenvalue weighted by Crippen LogP contribution is -2.04. The van der Waals surface area contributed by atoms with Gasteiger partial charge in [0.1, 0.15) is 6.23 Å². The van der Waals surface area contributed by atoms with E-state index >= 15 is 0 Å². The van der Waals surface area contributed by atoms with Crippen LogP contribution in [0.25, 0.3) is 20.2 Å². The molecule has 124 valence electrons. The van der Waals surface area contributed by atoms with E-state index < -0.39 is 0 Å². The second-order valence-corrected chi connectivity index (χ2v) is 7.37. The van der Waals surface area contributed by atoms with Gasteiger partial charge in [-0.1, -0.05) is 37.6 Å². The van der Waals surface area contributed by atoms with Crippen LogP contribution in [0.5, 0.6) is 0 Å². The molecule has 0 spiro atoms. The summed E-state index contributed by atoms with van der Waals surface area (Å²) < 4.78 is 7.33. The highest BCUT2D eigenvalue weighted by molar-refractivity contribution is 7.24. The molecule has 0 aliphatic carbocycles. The minimum atomic E-state index is 0.184. The fourth-order valence-corrected chi connectivity index (χ4v) is 4.37. The Labute approximate surface area is 145 Å². The zero-order valence-corrected chi connectivity index (χ0v) is 14.6. The van der Waals surface area contributed by atoms with E-state index in [1.807, 2.05) is 30.3 Å². The fraction of sp³-hybridized carbons (Fsp3) is 0.350. The van der Waals surface area contributed by atoms with Gasteiger partial charge in [-0.2, -0.15) is 0 Å². The molecule has 0 radical (unpaired) electrons. The van der Waals surface area contributed by atoms with Crippen LogP contribution in [0, 0.1) is 0 Å². The summed E-state index contributed by atoms with van der Waals surface area (Å²) in [6, 6.07) is 14.0. The van der Waals surface area contributed by atoms with E-state index in [9.17, 15) is 4.79 Å². The topological polar surface area (TPSA) is 29.3 Å². The van der Waals surface area contributed by atoms with Crippen LogP contribution in [0.1, 0.15) is 18.9 Å². The van der Waals surface area contributed by atoms with Crippen LogP contribution in [0.2, 0.25) is 0 Å². The van der Waals surface area contributed by atoms with Gasteiger partial charge in [-0.05, 0) is 30.2 Å². The predicted molar refractivity (Wildman–Crippen MR) is 101 cm³/mol. The smallest absolute Gasteiger partial charge is 0.196 e. The second kappa shape index (κ2) is 6.63. The van der Waals surface area contributed by atoms with E-state index in [1.165, 1.54) is 18.7 Å². The molecule has 0 saturated carbocycles. The van der Waals surface area contributed by atoms with Crippen molar-refractivity contribution in [1.29, 1.82) is 0 Å². The second-order valence-electron chi connectivity index (χ2n) is 6.29. The zero-order chi connectivity index (χ0) is 16.5. The minimum absolute atomic E-state index is 0.184. The summed E-state index contributed by atoms with van der Waals surface area (Å²) in [6.45, 7) is 5.48. The van der Waals surface area contributed by atoms with E-state index in [4.69, 9.17) is 4.74 Å². The van der Waals surface area contributed by atoms with Crippen LogP contribution < -0.4 is 5.43 Å². The highest BCUT2D eigenvalue weighted by Gasteiger charge is 2.39. The molecule has 2 aromatic carbocycles. The number of aryl methyl sites for hydroxylation is 1. The molecule has 0 bridgehead atoms. The SMILES string of the molecule is C1CN2CC2O1.CCCc1cccc2sc3ccccc3c(=O)c12. The Balaban J connectivity index is 0.000000201. The van der Waals surface area contributed by atoms with Crippen LogP contribution in [0.15, 0.2) is 47.3 Å². The highest BCUT2D eigenvalue weighted by atomic mass is 32.1. The molecule has 2 aliphatic heterocycles. The summed E-state index contributed by atoms with van der Waals surface area (Å²) in [5.74, 6) is 0. The van der Waals surface area contributed by atoms with Gasteiger partial charge in [-0.3, -0.25) is 9.69 Å². The lowest BCUT2D eigenvalue weighted by Gasteiger charge is -2.05. The molecule has 3 aromatic rings. The first kappa shape index (κ1) is 15.8. The van der Waals surface area contributed by atoms with Gasteiger partial charge >= 0.3 is 0 Å². The Hall–Kier alpha value is -1.75. The van der Waals surface area contributed by atoms with E-state index in [0.29, 0.717) is 6.23 Å². The third kappa shape index (κ3) is 2.97. The van der Waals surface area contributed by atoms with Crippen molar-refractivity contribution in [2.75, 3.05) is 19.7 Å². The largest absolute Gasteiger partial charge is 0.360 e. The summed E-state index contributed by atoms with van der Waals surface area (Å²) in [7, 11) is 0. The molecule has 3 nitrogen and oxygen atoms in total. The van der Waals surface area contributed by atoms with Crippen molar-refractivity contribution in [2.45, 2.75) is 26.0 Å².